The molecule has 0 saturated heterocycles. The molecule has 0 saturated carbocycles. The maximum atomic E-state index is 2.51. The van der Waals surface area contributed by atoms with Crippen LogP contribution in [-0.4, -0.2) is 0 Å². The van der Waals surface area contributed by atoms with Crippen LogP contribution in [0.3, 0.4) is 0 Å². The molecule has 0 spiro atoms. The Labute approximate surface area is 139 Å². The van der Waals surface area contributed by atoms with Gasteiger partial charge in [0.2, 0.25) is 0 Å². The monoisotopic (exact) mass is 463 g/mol. The van der Waals surface area contributed by atoms with E-state index in [4.69, 9.17) is 0 Å². The van der Waals surface area contributed by atoms with Crippen LogP contribution in [0.4, 0.5) is 0 Å². The molecule has 0 atom stereocenters. The van der Waals surface area contributed by atoms with E-state index in [1.807, 2.05) is 0 Å². The molecule has 2 rings (SSSR count). The van der Waals surface area contributed by atoms with E-state index in [1.54, 1.807) is 22.3 Å². The van der Waals surface area contributed by atoms with Gasteiger partial charge in [-0.25, -0.2) is 0 Å². The van der Waals surface area contributed by atoms with Crippen molar-refractivity contribution in [1.29, 1.82) is 0 Å². The summed E-state index contributed by atoms with van der Waals surface area (Å²) in [5.74, 6) is 0. The molecule has 0 N–H and O–H groups in total. The molecule has 0 heterocycles. The Hall–Kier alpha value is -0.391. The fraction of sp³-hybridized carbons (Fsp3) is 0.600. The summed E-state index contributed by atoms with van der Waals surface area (Å²) in [6, 6.07) is 0. The van der Waals surface area contributed by atoms with Gasteiger partial charge in [-0.15, -0.1) is 0 Å². The summed E-state index contributed by atoms with van der Waals surface area (Å²) >= 11 is -0.220. The van der Waals surface area contributed by atoms with Gasteiger partial charge in [0.15, 0.2) is 0 Å². The van der Waals surface area contributed by atoms with Gasteiger partial charge in [0.05, 0.1) is 0 Å². The number of hydrogen-bond donors (Lipinski definition) is 0. The van der Waals surface area contributed by atoms with Crippen LogP contribution in [0.1, 0.15) is 69.2 Å². The van der Waals surface area contributed by atoms with Crippen LogP contribution in [0.2, 0.25) is 7.86 Å². The van der Waals surface area contributed by atoms with E-state index in [2.05, 4.69) is 69.2 Å². The van der Waals surface area contributed by atoms with Crippen LogP contribution in [0.25, 0.3) is 0 Å². The van der Waals surface area contributed by atoms with E-state index in [-0.39, 0.29) is 17.7 Å². The van der Waals surface area contributed by atoms with Gasteiger partial charge < -0.3 is 0 Å². The molecule has 0 aromatic rings. The fourth-order valence-electron chi connectivity index (χ4n) is 3.65. The molecule has 0 amide bonds. The minimum absolute atomic E-state index is 0.220. The summed E-state index contributed by atoms with van der Waals surface area (Å²) in [6.45, 7) is 23.7. The van der Waals surface area contributed by atoms with Gasteiger partial charge in [-0.3, -0.25) is 0 Å². The van der Waals surface area contributed by atoms with Crippen molar-refractivity contribution in [2.45, 2.75) is 77.1 Å². The van der Waals surface area contributed by atoms with E-state index in [0.29, 0.717) is 7.86 Å². The van der Waals surface area contributed by atoms with Crippen LogP contribution < -0.4 is 0 Å². The fourth-order valence-corrected chi connectivity index (χ4v) is 9.63. The van der Waals surface area contributed by atoms with Gasteiger partial charge in [0.1, 0.15) is 0 Å². The average Bonchev–Trinajstić information content (AvgIpc) is 2.67. The van der Waals surface area contributed by atoms with E-state index >= 15 is 0 Å². The summed E-state index contributed by atoms with van der Waals surface area (Å²) in [4.78, 5) is 0. The molecule has 0 aliphatic heterocycles. The molecule has 0 unspecified atom stereocenters. The predicted octanol–water partition coefficient (Wildman–Crippen LogP) is 6.80. The first kappa shape index (κ1) is 17.0. The first-order valence-corrected chi connectivity index (χ1v) is 10.2. The molecular weight excluding hydrogens is 432 g/mol. The van der Waals surface area contributed by atoms with Crippen molar-refractivity contribution in [1.82, 2.24) is 0 Å². The van der Waals surface area contributed by atoms with Crippen molar-refractivity contribution in [3.8, 4) is 0 Å². The molecule has 119 valence electrons. The number of allylic oxidation sites excluding steroid dienone is 8. The minimum atomic E-state index is -0.220. The van der Waals surface area contributed by atoms with Gasteiger partial charge in [-0.1, -0.05) is 0 Å². The van der Waals surface area contributed by atoms with E-state index in [1.165, 1.54) is 22.3 Å². The second-order valence-corrected chi connectivity index (χ2v) is 12.4. The summed E-state index contributed by atoms with van der Waals surface area (Å²) in [5.41, 5.74) is 12.7. The van der Waals surface area contributed by atoms with Gasteiger partial charge in [0.25, 0.3) is 0 Å². The van der Waals surface area contributed by atoms with Crippen LogP contribution in [0, 0.1) is 0 Å². The number of rotatable bonds is 2. The standard InChI is InChI=1S/2C10H15.Ir/c2*1-6-7(2)9(4)10(5)8(6)3;/h2*1-5H3;. The first-order chi connectivity index (χ1) is 9.48. The molecule has 1 heteroatoms. The Balaban J connectivity index is 2.54. The molecule has 2 aliphatic carbocycles. The Morgan fingerprint density at radius 1 is 0.476 bits per heavy atom. The van der Waals surface area contributed by atoms with Crippen LogP contribution in [0.5, 0.6) is 0 Å². The zero-order chi connectivity index (χ0) is 16.3. The average molecular weight is 463 g/mol. The Bertz CT molecular complexity index is 531. The summed E-state index contributed by atoms with van der Waals surface area (Å²) in [6.07, 6.45) is 0. The van der Waals surface area contributed by atoms with Crippen molar-refractivity contribution >= 4 is 0 Å². The molecule has 2 aliphatic rings. The van der Waals surface area contributed by atoms with Gasteiger partial charge in [0, 0.05) is 0 Å². The zero-order valence-corrected chi connectivity index (χ0v) is 17.7. The molecule has 0 aromatic heterocycles. The summed E-state index contributed by atoms with van der Waals surface area (Å²) < 4.78 is 0.659. The van der Waals surface area contributed by atoms with Crippen LogP contribution in [0.15, 0.2) is 44.6 Å². The van der Waals surface area contributed by atoms with E-state index in [0.717, 1.165) is 0 Å². The third-order valence-corrected chi connectivity index (χ3v) is 12.4. The molecule has 0 fully saturated rings. The summed E-state index contributed by atoms with van der Waals surface area (Å²) in [7, 11) is 0. The third-order valence-electron chi connectivity index (χ3n) is 6.46. The molecular formula is C20H30Ir. The zero-order valence-electron chi connectivity index (χ0n) is 15.3. The second-order valence-electron chi connectivity index (χ2n) is 7.00. The van der Waals surface area contributed by atoms with E-state index < -0.39 is 0 Å². The normalized spacial score (nSPS) is 25.0. The molecule has 0 bridgehead atoms. The second kappa shape index (κ2) is 5.07. The van der Waals surface area contributed by atoms with Crippen LogP contribution in [-0.2, 0) is 17.7 Å². The van der Waals surface area contributed by atoms with Crippen molar-refractivity contribution in [3.63, 3.8) is 0 Å². The summed E-state index contributed by atoms with van der Waals surface area (Å²) in [5, 5.41) is 0. The van der Waals surface area contributed by atoms with Gasteiger partial charge in [-0.05, 0) is 0 Å². The van der Waals surface area contributed by atoms with Crippen molar-refractivity contribution in [3.05, 3.63) is 44.6 Å². The quantitative estimate of drug-likeness (QED) is 0.423. The topological polar surface area (TPSA) is 0 Å². The molecule has 0 nitrogen and oxygen atoms in total. The van der Waals surface area contributed by atoms with Gasteiger partial charge >= 0.3 is 139 Å². The Morgan fingerprint density at radius 2 is 0.667 bits per heavy atom. The SMILES string of the molecule is CC1=C(C)[C](C)([Ir][C]2(C)C(C)=C(C)C(C)=C2C)C(C)=C1C. The third kappa shape index (κ3) is 2.12. The molecule has 0 radical (unpaired) electrons. The van der Waals surface area contributed by atoms with Crippen molar-refractivity contribution in [2.75, 3.05) is 0 Å². The first-order valence-electron chi connectivity index (χ1n) is 7.83. The van der Waals surface area contributed by atoms with Crippen molar-refractivity contribution < 1.29 is 17.7 Å². The Morgan fingerprint density at radius 3 is 0.857 bits per heavy atom. The molecule has 21 heavy (non-hydrogen) atoms. The number of hydrogen-bond acceptors (Lipinski definition) is 0. The van der Waals surface area contributed by atoms with E-state index in [9.17, 15) is 0 Å². The predicted molar refractivity (Wildman–Crippen MR) is 90.2 cm³/mol. The van der Waals surface area contributed by atoms with Crippen molar-refractivity contribution in [2.24, 2.45) is 0 Å². The molecule has 0 aromatic carbocycles. The Kier molecular flexibility index (Phi) is 4.09. The van der Waals surface area contributed by atoms with Gasteiger partial charge in [-0.2, -0.15) is 0 Å². The maximum absolute atomic E-state index is 2.51. The van der Waals surface area contributed by atoms with Crippen LogP contribution >= 0.6 is 0 Å².